The first-order chi connectivity index (χ1) is 15.8. The third-order valence-electron chi connectivity index (χ3n) is 5.16. The van der Waals surface area contributed by atoms with Crippen molar-refractivity contribution in [3.8, 4) is 45.3 Å². The molecular weight excluding hydrogens is 394 g/mol. The van der Waals surface area contributed by atoms with Crippen molar-refractivity contribution in [2.45, 2.75) is 13.3 Å². The highest BCUT2D eigenvalue weighted by Gasteiger charge is 2.12. The van der Waals surface area contributed by atoms with E-state index in [0.717, 1.165) is 45.9 Å². The molecule has 3 aromatic heterocycles. The van der Waals surface area contributed by atoms with E-state index >= 15 is 0 Å². The Morgan fingerprint density at radius 3 is 1.47 bits per heavy atom. The number of nitrogens with zero attached hydrogens (tertiary/aromatic N) is 5. The van der Waals surface area contributed by atoms with Crippen LogP contribution in [0.1, 0.15) is 12.7 Å². The molecule has 0 atom stereocenters. The minimum Gasteiger partial charge on any atom is -0.256 e. The first kappa shape index (κ1) is 19.7. The largest absolute Gasteiger partial charge is 0.256 e. The van der Waals surface area contributed by atoms with E-state index in [1.54, 1.807) is 12.4 Å². The molecule has 32 heavy (non-hydrogen) atoms. The fourth-order valence-electron chi connectivity index (χ4n) is 3.54. The second-order valence-corrected chi connectivity index (χ2v) is 7.34. The van der Waals surface area contributed by atoms with Crippen LogP contribution in [0.15, 0.2) is 97.3 Å². The molecule has 0 spiro atoms. The highest BCUT2D eigenvalue weighted by Crippen LogP contribution is 2.27. The summed E-state index contributed by atoms with van der Waals surface area (Å²) >= 11 is 0. The van der Waals surface area contributed by atoms with Gasteiger partial charge in [0.2, 0.25) is 0 Å². The number of aryl methyl sites for hydroxylation is 1. The molecule has 0 radical (unpaired) electrons. The van der Waals surface area contributed by atoms with Crippen molar-refractivity contribution in [2.75, 3.05) is 0 Å². The van der Waals surface area contributed by atoms with E-state index in [0.29, 0.717) is 11.6 Å². The van der Waals surface area contributed by atoms with Gasteiger partial charge in [0.15, 0.2) is 11.6 Å². The zero-order valence-corrected chi connectivity index (χ0v) is 17.7. The van der Waals surface area contributed by atoms with Gasteiger partial charge in [0, 0.05) is 41.1 Å². The van der Waals surface area contributed by atoms with E-state index in [1.165, 1.54) is 0 Å². The summed E-state index contributed by atoms with van der Waals surface area (Å²) in [4.78, 5) is 23.2. The standard InChI is InChI=1S/C27H21N5/c1-2-25-30-26(21-11-7-9-19(17-21)23-13-3-5-15-28-23)32-27(31-25)22-12-8-10-20(18-22)24-14-4-6-16-29-24/h3-18H,2H2,1H3. The Balaban J connectivity index is 1.58. The van der Waals surface area contributed by atoms with Crippen LogP contribution < -0.4 is 0 Å². The summed E-state index contributed by atoms with van der Waals surface area (Å²) in [5.41, 5.74) is 5.77. The van der Waals surface area contributed by atoms with Gasteiger partial charge in [0.1, 0.15) is 5.82 Å². The Morgan fingerprint density at radius 1 is 0.531 bits per heavy atom. The number of pyridine rings is 2. The van der Waals surface area contributed by atoms with Gasteiger partial charge in [0.25, 0.3) is 0 Å². The minimum atomic E-state index is 0.660. The maximum absolute atomic E-state index is 4.83. The first-order valence-corrected chi connectivity index (χ1v) is 10.6. The Hall–Kier alpha value is -4.25. The summed E-state index contributed by atoms with van der Waals surface area (Å²) < 4.78 is 0. The molecule has 0 saturated carbocycles. The van der Waals surface area contributed by atoms with Crippen molar-refractivity contribution in [3.05, 3.63) is 103 Å². The maximum atomic E-state index is 4.83. The summed E-state index contributed by atoms with van der Waals surface area (Å²) in [5, 5.41) is 0. The number of hydrogen-bond acceptors (Lipinski definition) is 5. The van der Waals surface area contributed by atoms with E-state index in [9.17, 15) is 0 Å². The third kappa shape index (κ3) is 4.14. The second kappa shape index (κ2) is 8.86. The second-order valence-electron chi connectivity index (χ2n) is 7.34. The summed E-state index contributed by atoms with van der Waals surface area (Å²) in [6.45, 7) is 2.05. The predicted molar refractivity (Wildman–Crippen MR) is 127 cm³/mol. The lowest BCUT2D eigenvalue weighted by Gasteiger charge is -2.09. The Bertz CT molecular complexity index is 1250. The van der Waals surface area contributed by atoms with Gasteiger partial charge in [-0.25, -0.2) is 15.0 Å². The molecule has 3 heterocycles. The molecule has 0 aliphatic heterocycles. The quantitative estimate of drug-likeness (QED) is 0.358. The van der Waals surface area contributed by atoms with Crippen molar-refractivity contribution >= 4 is 0 Å². The number of rotatable bonds is 5. The molecule has 0 N–H and O–H groups in total. The van der Waals surface area contributed by atoms with Crippen LogP contribution in [0, 0.1) is 0 Å². The van der Waals surface area contributed by atoms with E-state index in [-0.39, 0.29) is 0 Å². The van der Waals surface area contributed by atoms with Crippen LogP contribution in [0.25, 0.3) is 45.3 Å². The van der Waals surface area contributed by atoms with Gasteiger partial charge in [-0.15, -0.1) is 0 Å². The predicted octanol–water partition coefficient (Wildman–Crippen LogP) is 5.89. The lowest BCUT2D eigenvalue weighted by molar-refractivity contribution is 0.910. The van der Waals surface area contributed by atoms with Crippen LogP contribution in [0.4, 0.5) is 0 Å². The number of benzene rings is 2. The number of hydrogen-bond donors (Lipinski definition) is 0. The highest BCUT2D eigenvalue weighted by molar-refractivity contribution is 5.71. The zero-order chi connectivity index (χ0) is 21.8. The molecule has 0 saturated heterocycles. The molecular formula is C27H21N5. The van der Waals surface area contributed by atoms with Gasteiger partial charge in [0.05, 0.1) is 11.4 Å². The van der Waals surface area contributed by atoms with Crippen molar-refractivity contribution in [1.82, 2.24) is 24.9 Å². The minimum absolute atomic E-state index is 0.660. The van der Waals surface area contributed by atoms with Crippen LogP contribution >= 0.6 is 0 Å². The lowest BCUT2D eigenvalue weighted by Crippen LogP contribution is -2.02. The van der Waals surface area contributed by atoms with Gasteiger partial charge in [-0.2, -0.15) is 0 Å². The summed E-state index contributed by atoms with van der Waals surface area (Å²) in [5.74, 6) is 2.08. The van der Waals surface area contributed by atoms with Crippen LogP contribution in [-0.2, 0) is 6.42 Å². The molecule has 0 fully saturated rings. The average Bonchev–Trinajstić information content (AvgIpc) is 2.89. The first-order valence-electron chi connectivity index (χ1n) is 10.6. The SMILES string of the molecule is CCc1nc(-c2cccc(-c3ccccn3)c2)nc(-c2cccc(-c3ccccn3)c2)n1. The molecule has 5 nitrogen and oxygen atoms in total. The topological polar surface area (TPSA) is 64.5 Å². The average molecular weight is 416 g/mol. The fraction of sp³-hybridized carbons (Fsp3) is 0.0741. The van der Waals surface area contributed by atoms with Gasteiger partial charge < -0.3 is 0 Å². The van der Waals surface area contributed by atoms with E-state index in [1.807, 2.05) is 72.8 Å². The highest BCUT2D eigenvalue weighted by atomic mass is 15.0. The van der Waals surface area contributed by atoms with Gasteiger partial charge in [-0.3, -0.25) is 9.97 Å². The molecule has 0 aliphatic carbocycles. The van der Waals surface area contributed by atoms with Crippen LogP contribution in [0.2, 0.25) is 0 Å². The van der Waals surface area contributed by atoms with Crippen molar-refractivity contribution < 1.29 is 0 Å². The number of aromatic nitrogens is 5. The van der Waals surface area contributed by atoms with E-state index < -0.39 is 0 Å². The molecule has 5 aromatic rings. The molecule has 0 bridgehead atoms. The molecule has 154 valence electrons. The summed E-state index contributed by atoms with van der Waals surface area (Å²) in [7, 11) is 0. The molecule has 5 rings (SSSR count). The molecule has 0 amide bonds. The van der Waals surface area contributed by atoms with E-state index in [2.05, 4.69) is 29.0 Å². The maximum Gasteiger partial charge on any atom is 0.163 e. The smallest absolute Gasteiger partial charge is 0.163 e. The molecule has 0 unspecified atom stereocenters. The van der Waals surface area contributed by atoms with Gasteiger partial charge in [-0.05, 0) is 36.4 Å². The fourth-order valence-corrected chi connectivity index (χ4v) is 3.54. The monoisotopic (exact) mass is 415 g/mol. The Labute approximate surface area is 186 Å². The molecule has 2 aromatic carbocycles. The normalized spacial score (nSPS) is 10.8. The summed E-state index contributed by atoms with van der Waals surface area (Å²) in [6.07, 6.45) is 4.32. The van der Waals surface area contributed by atoms with Crippen LogP contribution in [0.5, 0.6) is 0 Å². The van der Waals surface area contributed by atoms with Gasteiger partial charge >= 0.3 is 0 Å². The Kier molecular flexibility index (Phi) is 5.45. The Morgan fingerprint density at radius 2 is 1.03 bits per heavy atom. The van der Waals surface area contributed by atoms with Gasteiger partial charge in [-0.1, -0.05) is 55.5 Å². The zero-order valence-electron chi connectivity index (χ0n) is 17.7. The van der Waals surface area contributed by atoms with E-state index in [4.69, 9.17) is 15.0 Å². The van der Waals surface area contributed by atoms with Crippen LogP contribution in [-0.4, -0.2) is 24.9 Å². The van der Waals surface area contributed by atoms with Crippen LogP contribution in [0.3, 0.4) is 0 Å². The molecule has 0 aliphatic rings. The van der Waals surface area contributed by atoms with Crippen molar-refractivity contribution in [2.24, 2.45) is 0 Å². The van der Waals surface area contributed by atoms with Crippen molar-refractivity contribution in [1.29, 1.82) is 0 Å². The summed E-state index contributed by atoms with van der Waals surface area (Å²) in [6, 6.07) is 28.1. The third-order valence-corrected chi connectivity index (χ3v) is 5.16. The van der Waals surface area contributed by atoms with Crippen molar-refractivity contribution in [3.63, 3.8) is 0 Å². The lowest BCUT2D eigenvalue weighted by atomic mass is 10.1. The molecule has 5 heteroatoms.